The number of ether oxygens (including phenoxy) is 1. The number of thiophene rings is 1. The van der Waals surface area contributed by atoms with Crippen molar-refractivity contribution in [3.05, 3.63) is 22.7 Å². The van der Waals surface area contributed by atoms with Gasteiger partial charge in [0.2, 0.25) is 0 Å². The van der Waals surface area contributed by atoms with Crippen molar-refractivity contribution in [2.75, 3.05) is 0 Å². The van der Waals surface area contributed by atoms with E-state index in [4.69, 9.17) is 9.26 Å². The number of hydrogen-bond donors (Lipinski definition) is 1. The minimum atomic E-state index is -0.191. The predicted molar refractivity (Wildman–Crippen MR) is 82.1 cm³/mol. The van der Waals surface area contributed by atoms with Crippen LogP contribution in [-0.2, 0) is 11.3 Å². The second-order valence-corrected chi connectivity index (χ2v) is 7.41. The summed E-state index contributed by atoms with van der Waals surface area (Å²) in [7, 11) is 0. The van der Waals surface area contributed by atoms with E-state index >= 15 is 0 Å². The molecule has 1 saturated heterocycles. The molecule has 1 unspecified atom stereocenters. The van der Waals surface area contributed by atoms with E-state index in [0.29, 0.717) is 18.3 Å². The maximum absolute atomic E-state index is 6.08. The summed E-state index contributed by atoms with van der Waals surface area (Å²) >= 11 is 1.62. The lowest BCUT2D eigenvalue weighted by molar-refractivity contribution is -0.0699. The zero-order valence-electron chi connectivity index (χ0n) is 12.8. The van der Waals surface area contributed by atoms with E-state index in [1.54, 1.807) is 11.3 Å². The van der Waals surface area contributed by atoms with Gasteiger partial charge >= 0.3 is 0 Å². The molecule has 0 aliphatic carbocycles. The van der Waals surface area contributed by atoms with E-state index in [-0.39, 0.29) is 17.2 Å². The van der Waals surface area contributed by atoms with Crippen LogP contribution in [0.3, 0.4) is 0 Å². The van der Waals surface area contributed by atoms with E-state index in [9.17, 15) is 0 Å². The van der Waals surface area contributed by atoms with Crippen molar-refractivity contribution in [1.82, 2.24) is 15.5 Å². The molecule has 2 aromatic rings. The largest absolute Gasteiger partial charge is 0.368 e. The second-order valence-electron chi connectivity index (χ2n) is 6.63. The fraction of sp³-hybridized carbons (Fsp3) is 0.600. The van der Waals surface area contributed by atoms with Gasteiger partial charge in [0, 0.05) is 11.4 Å². The van der Waals surface area contributed by atoms with Crippen LogP contribution < -0.4 is 5.32 Å². The SMILES string of the molecule is CC1(C)CC(NCc2noc(-c3ccsc3)n2)C(C)(C)O1. The molecule has 21 heavy (non-hydrogen) atoms. The molecule has 0 spiro atoms. The quantitative estimate of drug-likeness (QED) is 0.939. The summed E-state index contributed by atoms with van der Waals surface area (Å²) in [5.74, 6) is 1.26. The van der Waals surface area contributed by atoms with E-state index < -0.39 is 0 Å². The number of hydrogen-bond acceptors (Lipinski definition) is 6. The lowest BCUT2D eigenvalue weighted by atomic mass is 9.94. The molecule has 1 aliphatic rings. The third kappa shape index (κ3) is 3.17. The lowest BCUT2D eigenvalue weighted by Crippen LogP contribution is -2.43. The summed E-state index contributed by atoms with van der Waals surface area (Å²) < 4.78 is 11.4. The molecule has 0 aromatic carbocycles. The molecular formula is C15H21N3O2S. The Kier molecular flexibility index (Phi) is 3.63. The van der Waals surface area contributed by atoms with Crippen LogP contribution in [0.2, 0.25) is 0 Å². The molecule has 1 fully saturated rings. The Bertz CT molecular complexity index is 604. The van der Waals surface area contributed by atoms with Gasteiger partial charge in [-0.2, -0.15) is 16.3 Å². The fourth-order valence-corrected chi connectivity index (χ4v) is 3.55. The highest BCUT2D eigenvalue weighted by Gasteiger charge is 2.45. The van der Waals surface area contributed by atoms with Crippen molar-refractivity contribution in [1.29, 1.82) is 0 Å². The molecule has 1 aliphatic heterocycles. The van der Waals surface area contributed by atoms with Crippen LogP contribution in [0.5, 0.6) is 0 Å². The van der Waals surface area contributed by atoms with Gasteiger partial charge in [-0.05, 0) is 45.6 Å². The highest BCUT2D eigenvalue weighted by atomic mass is 32.1. The van der Waals surface area contributed by atoms with Crippen molar-refractivity contribution in [2.45, 2.75) is 57.9 Å². The van der Waals surface area contributed by atoms with E-state index in [1.165, 1.54) is 0 Å². The Hall–Kier alpha value is -1.24. The van der Waals surface area contributed by atoms with Gasteiger partial charge in [0.05, 0.1) is 23.3 Å². The van der Waals surface area contributed by atoms with Gasteiger partial charge in [0.15, 0.2) is 5.82 Å². The summed E-state index contributed by atoms with van der Waals surface area (Å²) in [5.41, 5.74) is 0.688. The summed E-state index contributed by atoms with van der Waals surface area (Å²) in [6.07, 6.45) is 0.967. The van der Waals surface area contributed by atoms with Crippen LogP contribution in [0.1, 0.15) is 39.9 Å². The molecule has 3 heterocycles. The molecular weight excluding hydrogens is 286 g/mol. The molecule has 1 atom stereocenters. The minimum absolute atomic E-state index is 0.0970. The molecule has 1 N–H and O–H groups in total. The van der Waals surface area contributed by atoms with Crippen LogP contribution in [0.15, 0.2) is 21.3 Å². The first-order valence-corrected chi connectivity index (χ1v) is 8.09. The molecule has 0 saturated carbocycles. The Morgan fingerprint density at radius 1 is 1.38 bits per heavy atom. The summed E-state index contributed by atoms with van der Waals surface area (Å²) in [5, 5.41) is 11.5. The Balaban J connectivity index is 1.63. The molecule has 2 aromatic heterocycles. The molecule has 0 bridgehead atoms. The maximum Gasteiger partial charge on any atom is 0.258 e. The van der Waals surface area contributed by atoms with E-state index in [1.807, 2.05) is 16.8 Å². The Labute approximate surface area is 128 Å². The van der Waals surface area contributed by atoms with Crippen LogP contribution >= 0.6 is 11.3 Å². The van der Waals surface area contributed by atoms with Crippen LogP contribution in [0.4, 0.5) is 0 Å². The van der Waals surface area contributed by atoms with Crippen LogP contribution in [-0.4, -0.2) is 27.4 Å². The molecule has 0 radical (unpaired) electrons. The summed E-state index contributed by atoms with van der Waals surface area (Å²) in [6.45, 7) is 9.07. The Morgan fingerprint density at radius 3 is 2.81 bits per heavy atom. The predicted octanol–water partition coefficient (Wildman–Crippen LogP) is 3.23. The Morgan fingerprint density at radius 2 is 2.19 bits per heavy atom. The number of nitrogens with one attached hydrogen (secondary N) is 1. The van der Waals surface area contributed by atoms with Gasteiger partial charge < -0.3 is 14.6 Å². The third-order valence-electron chi connectivity index (χ3n) is 3.82. The fourth-order valence-electron chi connectivity index (χ4n) is 2.92. The third-order valence-corrected chi connectivity index (χ3v) is 4.50. The van der Waals surface area contributed by atoms with Gasteiger partial charge in [0.25, 0.3) is 5.89 Å². The van der Waals surface area contributed by atoms with Crippen molar-refractivity contribution >= 4 is 11.3 Å². The summed E-state index contributed by atoms with van der Waals surface area (Å²) in [4.78, 5) is 4.42. The van der Waals surface area contributed by atoms with Crippen molar-refractivity contribution in [3.8, 4) is 11.5 Å². The average molecular weight is 307 g/mol. The molecule has 3 rings (SSSR count). The smallest absolute Gasteiger partial charge is 0.258 e. The molecule has 0 amide bonds. The van der Waals surface area contributed by atoms with E-state index in [2.05, 4.69) is 43.2 Å². The van der Waals surface area contributed by atoms with Gasteiger partial charge in [-0.1, -0.05) is 5.16 Å². The highest BCUT2D eigenvalue weighted by molar-refractivity contribution is 7.08. The second kappa shape index (κ2) is 5.19. The average Bonchev–Trinajstić information content (AvgIpc) is 3.05. The monoisotopic (exact) mass is 307 g/mol. The standard InChI is InChI=1S/C15H21N3O2S/c1-14(2)7-11(15(3,4)20-14)16-8-12-17-13(19-18-12)10-5-6-21-9-10/h5-6,9,11,16H,7-8H2,1-4H3. The van der Waals surface area contributed by atoms with Crippen LogP contribution in [0, 0.1) is 0 Å². The first-order valence-electron chi connectivity index (χ1n) is 7.14. The van der Waals surface area contributed by atoms with E-state index in [0.717, 1.165) is 12.0 Å². The topological polar surface area (TPSA) is 60.2 Å². The normalized spacial score (nSPS) is 23.5. The summed E-state index contributed by atoms with van der Waals surface area (Å²) in [6, 6.07) is 2.25. The number of rotatable bonds is 4. The zero-order chi connectivity index (χ0) is 15.1. The number of aromatic nitrogens is 2. The minimum Gasteiger partial charge on any atom is -0.368 e. The highest BCUT2D eigenvalue weighted by Crippen LogP contribution is 2.37. The van der Waals surface area contributed by atoms with Crippen molar-refractivity contribution in [3.63, 3.8) is 0 Å². The van der Waals surface area contributed by atoms with Gasteiger partial charge in [-0.3, -0.25) is 0 Å². The van der Waals surface area contributed by atoms with Gasteiger partial charge in [-0.15, -0.1) is 0 Å². The zero-order valence-corrected chi connectivity index (χ0v) is 13.7. The van der Waals surface area contributed by atoms with Crippen molar-refractivity contribution in [2.24, 2.45) is 0 Å². The first kappa shape index (κ1) is 14.7. The van der Waals surface area contributed by atoms with Gasteiger partial charge in [0.1, 0.15) is 0 Å². The van der Waals surface area contributed by atoms with Crippen LogP contribution in [0.25, 0.3) is 11.5 Å². The molecule has 5 nitrogen and oxygen atoms in total. The molecule has 114 valence electrons. The van der Waals surface area contributed by atoms with Crippen molar-refractivity contribution < 1.29 is 9.26 Å². The van der Waals surface area contributed by atoms with Gasteiger partial charge in [-0.25, -0.2) is 0 Å². The molecule has 6 heteroatoms. The maximum atomic E-state index is 6.08. The lowest BCUT2D eigenvalue weighted by Gasteiger charge is -2.27. The number of nitrogens with zero attached hydrogens (tertiary/aromatic N) is 2. The first-order chi connectivity index (χ1) is 9.86.